The van der Waals surface area contributed by atoms with E-state index in [-0.39, 0.29) is 0 Å². The van der Waals surface area contributed by atoms with E-state index >= 15 is 0 Å². The first-order chi connectivity index (χ1) is 9.34. The Hall–Kier alpha value is -0.700. The van der Waals surface area contributed by atoms with Crippen LogP contribution in [0.4, 0.5) is 0 Å². The van der Waals surface area contributed by atoms with Crippen LogP contribution in [0.1, 0.15) is 84.5 Å². The van der Waals surface area contributed by atoms with Gasteiger partial charge >= 0.3 is 0 Å². The zero-order valence-electron chi connectivity index (χ0n) is 13.0. The Morgan fingerprint density at radius 2 is 1.47 bits per heavy atom. The molecule has 0 aromatic heterocycles. The molecule has 1 heterocycles. The Morgan fingerprint density at radius 3 is 2.00 bits per heavy atom. The van der Waals surface area contributed by atoms with Gasteiger partial charge in [-0.1, -0.05) is 71.1 Å². The Bertz CT molecular complexity index is 228. The van der Waals surface area contributed by atoms with Crippen molar-refractivity contribution >= 4 is 0 Å². The number of hydrazine groups is 2. The van der Waals surface area contributed by atoms with Crippen LogP contribution in [0.5, 0.6) is 0 Å². The first kappa shape index (κ1) is 16.4. The number of nitrogens with zero attached hydrogens (tertiary/aromatic N) is 1. The zero-order chi connectivity index (χ0) is 13.8. The fraction of sp³-hybridized carbons (Fsp3) is 0.875. The lowest BCUT2D eigenvalue weighted by Gasteiger charge is -2.23. The molecule has 1 aliphatic rings. The summed E-state index contributed by atoms with van der Waals surface area (Å²) in [5.41, 5.74) is 6.10. The number of unbranched alkanes of at least 4 members (excludes halogenated alkanes) is 9. The summed E-state index contributed by atoms with van der Waals surface area (Å²) in [6.45, 7) is 4.56. The van der Waals surface area contributed by atoms with Gasteiger partial charge < -0.3 is 5.43 Å². The summed E-state index contributed by atoms with van der Waals surface area (Å²) in [4.78, 5) is 0. The molecule has 3 nitrogen and oxygen atoms in total. The van der Waals surface area contributed by atoms with Crippen molar-refractivity contribution in [1.82, 2.24) is 16.0 Å². The van der Waals surface area contributed by atoms with Crippen molar-refractivity contribution in [3.05, 3.63) is 12.4 Å². The SMILES string of the molecule is CCCCCCCCCCCCC(C)N1C=CNN1. The quantitative estimate of drug-likeness (QED) is 0.510. The van der Waals surface area contributed by atoms with E-state index < -0.39 is 0 Å². The van der Waals surface area contributed by atoms with Crippen LogP contribution in [0.2, 0.25) is 0 Å². The van der Waals surface area contributed by atoms with Gasteiger partial charge in [-0.15, -0.1) is 5.53 Å². The maximum atomic E-state index is 3.11. The van der Waals surface area contributed by atoms with Crippen LogP contribution in [-0.2, 0) is 0 Å². The maximum Gasteiger partial charge on any atom is 0.0438 e. The third-order valence-corrected chi connectivity index (χ3v) is 3.96. The molecule has 0 saturated heterocycles. The molecule has 0 amide bonds. The highest BCUT2D eigenvalue weighted by atomic mass is 15.7. The normalized spacial score (nSPS) is 15.8. The second-order valence-corrected chi connectivity index (χ2v) is 5.80. The van der Waals surface area contributed by atoms with E-state index in [0.717, 1.165) is 0 Å². The molecule has 1 rings (SSSR count). The van der Waals surface area contributed by atoms with Crippen LogP contribution < -0.4 is 11.0 Å². The van der Waals surface area contributed by atoms with Crippen LogP contribution >= 0.6 is 0 Å². The maximum absolute atomic E-state index is 3.11. The van der Waals surface area contributed by atoms with Crippen LogP contribution in [0, 0.1) is 0 Å². The monoisotopic (exact) mass is 267 g/mol. The Labute approximate surface area is 119 Å². The summed E-state index contributed by atoms with van der Waals surface area (Å²) in [5, 5.41) is 2.15. The molecule has 0 aromatic rings. The first-order valence-corrected chi connectivity index (χ1v) is 8.30. The van der Waals surface area contributed by atoms with E-state index in [1.165, 1.54) is 70.6 Å². The molecule has 1 aliphatic heterocycles. The molecule has 19 heavy (non-hydrogen) atoms. The van der Waals surface area contributed by atoms with Crippen molar-refractivity contribution in [3.8, 4) is 0 Å². The number of nitrogens with one attached hydrogen (secondary N) is 2. The molecule has 0 aliphatic carbocycles. The molecule has 1 atom stereocenters. The van der Waals surface area contributed by atoms with Gasteiger partial charge in [-0.2, -0.15) is 0 Å². The van der Waals surface area contributed by atoms with Crippen molar-refractivity contribution in [2.45, 2.75) is 90.5 Å². The Morgan fingerprint density at radius 1 is 0.895 bits per heavy atom. The van der Waals surface area contributed by atoms with Crippen molar-refractivity contribution in [1.29, 1.82) is 0 Å². The lowest BCUT2D eigenvalue weighted by Crippen LogP contribution is -2.41. The molecule has 1 unspecified atom stereocenters. The molecule has 0 saturated carbocycles. The summed E-state index contributed by atoms with van der Waals surface area (Å²) in [6.07, 6.45) is 19.4. The van der Waals surface area contributed by atoms with E-state index in [1.807, 2.05) is 6.20 Å². The summed E-state index contributed by atoms with van der Waals surface area (Å²) >= 11 is 0. The van der Waals surface area contributed by atoms with Crippen molar-refractivity contribution in [3.63, 3.8) is 0 Å². The molecular formula is C16H33N3. The highest BCUT2D eigenvalue weighted by molar-refractivity contribution is 4.85. The minimum Gasteiger partial charge on any atom is -0.310 e. The predicted octanol–water partition coefficient (Wildman–Crippen LogP) is 4.48. The molecule has 0 aromatic carbocycles. The Balaban J connectivity index is 1.79. The van der Waals surface area contributed by atoms with Gasteiger partial charge in [0, 0.05) is 18.4 Å². The zero-order valence-corrected chi connectivity index (χ0v) is 13.0. The second kappa shape index (κ2) is 11.2. The van der Waals surface area contributed by atoms with Crippen molar-refractivity contribution < 1.29 is 0 Å². The van der Waals surface area contributed by atoms with Crippen molar-refractivity contribution in [2.75, 3.05) is 0 Å². The molecule has 0 spiro atoms. The molecule has 0 radical (unpaired) electrons. The van der Waals surface area contributed by atoms with Crippen LogP contribution in [-0.4, -0.2) is 11.1 Å². The minimum atomic E-state index is 0.584. The molecule has 3 heteroatoms. The van der Waals surface area contributed by atoms with Gasteiger partial charge in [-0.05, 0) is 13.3 Å². The fourth-order valence-corrected chi connectivity index (χ4v) is 2.59. The summed E-state index contributed by atoms with van der Waals surface area (Å²) in [6, 6.07) is 0.584. The standard InChI is InChI=1S/C16H33N3/c1-3-4-5-6-7-8-9-10-11-12-13-16(2)19-15-14-17-18-19/h14-18H,3-13H2,1-2H3. The molecule has 2 N–H and O–H groups in total. The third kappa shape index (κ3) is 8.14. The average Bonchev–Trinajstić information content (AvgIpc) is 2.95. The van der Waals surface area contributed by atoms with Crippen molar-refractivity contribution in [2.24, 2.45) is 0 Å². The summed E-state index contributed by atoms with van der Waals surface area (Å²) in [5.74, 6) is 0. The van der Waals surface area contributed by atoms with Gasteiger partial charge in [-0.25, -0.2) is 0 Å². The predicted molar refractivity (Wildman–Crippen MR) is 83.2 cm³/mol. The second-order valence-electron chi connectivity index (χ2n) is 5.80. The molecule has 112 valence electrons. The van der Waals surface area contributed by atoms with Gasteiger partial charge in [0.25, 0.3) is 0 Å². The lowest BCUT2D eigenvalue weighted by molar-refractivity contribution is 0.196. The minimum absolute atomic E-state index is 0.584. The number of rotatable bonds is 12. The first-order valence-electron chi connectivity index (χ1n) is 8.30. The average molecular weight is 267 g/mol. The smallest absolute Gasteiger partial charge is 0.0438 e. The highest BCUT2D eigenvalue weighted by Gasteiger charge is 2.11. The van der Waals surface area contributed by atoms with Crippen LogP contribution in [0.25, 0.3) is 0 Å². The number of hydrogen-bond donors (Lipinski definition) is 2. The van der Waals surface area contributed by atoms with E-state index in [0.29, 0.717) is 6.04 Å². The molecular weight excluding hydrogens is 234 g/mol. The molecule has 0 bridgehead atoms. The molecule has 0 fully saturated rings. The Kier molecular flexibility index (Phi) is 9.60. The van der Waals surface area contributed by atoms with Gasteiger partial charge in [0.2, 0.25) is 0 Å². The number of hydrogen-bond acceptors (Lipinski definition) is 3. The van der Waals surface area contributed by atoms with Crippen LogP contribution in [0.3, 0.4) is 0 Å². The van der Waals surface area contributed by atoms with E-state index in [9.17, 15) is 0 Å². The lowest BCUT2D eigenvalue weighted by atomic mass is 10.0. The summed E-state index contributed by atoms with van der Waals surface area (Å²) in [7, 11) is 0. The van der Waals surface area contributed by atoms with E-state index in [2.05, 4.69) is 36.0 Å². The largest absolute Gasteiger partial charge is 0.310 e. The third-order valence-electron chi connectivity index (χ3n) is 3.96. The van der Waals surface area contributed by atoms with Gasteiger partial charge in [-0.3, -0.25) is 5.01 Å². The summed E-state index contributed by atoms with van der Waals surface area (Å²) < 4.78 is 0. The van der Waals surface area contributed by atoms with Gasteiger partial charge in [0.05, 0.1) is 0 Å². The van der Waals surface area contributed by atoms with Gasteiger partial charge in [0.15, 0.2) is 0 Å². The van der Waals surface area contributed by atoms with Crippen LogP contribution in [0.15, 0.2) is 12.4 Å². The van der Waals surface area contributed by atoms with Gasteiger partial charge in [0.1, 0.15) is 0 Å². The topological polar surface area (TPSA) is 27.3 Å². The fourth-order valence-electron chi connectivity index (χ4n) is 2.59. The van der Waals surface area contributed by atoms with E-state index in [1.54, 1.807) is 0 Å². The van der Waals surface area contributed by atoms with E-state index in [4.69, 9.17) is 0 Å². The highest BCUT2D eigenvalue weighted by Crippen LogP contribution is 2.13.